The second kappa shape index (κ2) is 6.43. The van der Waals surface area contributed by atoms with Gasteiger partial charge in [-0.15, -0.1) is 0 Å². The maximum absolute atomic E-state index is 9.92. The molecule has 15 heavy (non-hydrogen) atoms. The third-order valence-corrected chi connectivity index (χ3v) is 2.26. The Hall–Kier alpha value is -1.06. The third-order valence-electron chi connectivity index (χ3n) is 2.26. The van der Waals surface area contributed by atoms with Crippen LogP contribution in [0.2, 0.25) is 0 Å². The Balaban J connectivity index is 2.72. The van der Waals surface area contributed by atoms with Gasteiger partial charge >= 0.3 is 0 Å². The molecule has 0 amide bonds. The summed E-state index contributed by atoms with van der Waals surface area (Å²) in [6.07, 6.45) is 1.03. The first-order valence-electron chi connectivity index (χ1n) is 5.39. The van der Waals surface area contributed by atoms with Crippen LogP contribution in [0.15, 0.2) is 24.3 Å². The molecule has 84 valence electrons. The van der Waals surface area contributed by atoms with Gasteiger partial charge in [-0.3, -0.25) is 0 Å². The zero-order valence-electron chi connectivity index (χ0n) is 9.15. The average molecular weight is 209 g/mol. The molecule has 0 heterocycles. The number of para-hydroxylation sites is 1. The summed E-state index contributed by atoms with van der Waals surface area (Å²) in [5.41, 5.74) is 6.26. The number of hydrogen-bond acceptors (Lipinski definition) is 3. The summed E-state index contributed by atoms with van der Waals surface area (Å²) in [4.78, 5) is 0. The van der Waals surface area contributed by atoms with Gasteiger partial charge in [0.25, 0.3) is 0 Å². The van der Waals surface area contributed by atoms with E-state index < -0.39 is 6.10 Å². The van der Waals surface area contributed by atoms with Crippen LogP contribution in [0.25, 0.3) is 0 Å². The second-order valence-corrected chi connectivity index (χ2v) is 3.42. The SMILES string of the molecule is CCOc1ccccc1C(O)CCCN. The Morgan fingerprint density at radius 1 is 1.40 bits per heavy atom. The summed E-state index contributed by atoms with van der Waals surface area (Å²) in [6, 6.07) is 7.59. The zero-order valence-corrected chi connectivity index (χ0v) is 9.15. The smallest absolute Gasteiger partial charge is 0.125 e. The van der Waals surface area contributed by atoms with Crippen LogP contribution < -0.4 is 10.5 Å². The van der Waals surface area contributed by atoms with Crippen LogP contribution in [-0.4, -0.2) is 18.3 Å². The monoisotopic (exact) mass is 209 g/mol. The van der Waals surface area contributed by atoms with E-state index in [0.717, 1.165) is 17.7 Å². The molecule has 3 nitrogen and oxygen atoms in total. The number of aliphatic hydroxyl groups is 1. The van der Waals surface area contributed by atoms with Crippen LogP contribution in [0.4, 0.5) is 0 Å². The molecular weight excluding hydrogens is 190 g/mol. The second-order valence-electron chi connectivity index (χ2n) is 3.42. The molecule has 0 saturated carbocycles. The van der Waals surface area contributed by atoms with E-state index in [9.17, 15) is 5.11 Å². The summed E-state index contributed by atoms with van der Waals surface area (Å²) in [6.45, 7) is 3.15. The summed E-state index contributed by atoms with van der Waals surface area (Å²) >= 11 is 0. The van der Waals surface area contributed by atoms with Crippen molar-refractivity contribution in [2.24, 2.45) is 5.73 Å². The molecule has 0 aliphatic carbocycles. The van der Waals surface area contributed by atoms with Crippen molar-refractivity contribution in [3.63, 3.8) is 0 Å². The van der Waals surface area contributed by atoms with Gasteiger partial charge in [-0.25, -0.2) is 0 Å². The Morgan fingerprint density at radius 3 is 2.80 bits per heavy atom. The maximum atomic E-state index is 9.92. The molecule has 0 aliphatic heterocycles. The Bertz CT molecular complexity index is 289. The molecule has 3 heteroatoms. The quantitative estimate of drug-likeness (QED) is 0.752. The summed E-state index contributed by atoms with van der Waals surface area (Å²) < 4.78 is 5.45. The molecule has 0 aromatic heterocycles. The molecule has 0 radical (unpaired) electrons. The van der Waals surface area contributed by atoms with Crippen molar-refractivity contribution in [3.8, 4) is 5.75 Å². The van der Waals surface area contributed by atoms with Crippen molar-refractivity contribution in [1.82, 2.24) is 0 Å². The lowest BCUT2D eigenvalue weighted by molar-refractivity contribution is 0.160. The topological polar surface area (TPSA) is 55.5 Å². The lowest BCUT2D eigenvalue weighted by Crippen LogP contribution is -2.05. The first kappa shape index (κ1) is 12.0. The van der Waals surface area contributed by atoms with Crippen LogP contribution in [0, 0.1) is 0 Å². The molecule has 1 aromatic carbocycles. The van der Waals surface area contributed by atoms with Crippen LogP contribution in [0.1, 0.15) is 31.4 Å². The van der Waals surface area contributed by atoms with Gasteiger partial charge in [0.05, 0.1) is 12.7 Å². The van der Waals surface area contributed by atoms with Crippen molar-refractivity contribution in [1.29, 1.82) is 0 Å². The van der Waals surface area contributed by atoms with Crippen molar-refractivity contribution >= 4 is 0 Å². The van der Waals surface area contributed by atoms with E-state index in [1.807, 2.05) is 31.2 Å². The van der Waals surface area contributed by atoms with E-state index in [-0.39, 0.29) is 0 Å². The lowest BCUT2D eigenvalue weighted by atomic mass is 10.0. The van der Waals surface area contributed by atoms with Crippen LogP contribution in [0.5, 0.6) is 5.75 Å². The number of nitrogens with two attached hydrogens (primary N) is 1. The van der Waals surface area contributed by atoms with Gasteiger partial charge in [-0.1, -0.05) is 18.2 Å². The maximum Gasteiger partial charge on any atom is 0.125 e. The van der Waals surface area contributed by atoms with E-state index in [0.29, 0.717) is 19.6 Å². The van der Waals surface area contributed by atoms with Gasteiger partial charge in [-0.05, 0) is 32.4 Å². The predicted molar refractivity (Wildman–Crippen MR) is 60.9 cm³/mol. The molecule has 1 atom stereocenters. The number of ether oxygens (including phenoxy) is 1. The standard InChI is InChI=1S/C12H19NO2/c1-2-15-12-8-4-3-6-10(12)11(14)7-5-9-13/h3-4,6,8,11,14H,2,5,7,9,13H2,1H3. The van der Waals surface area contributed by atoms with Gasteiger partial charge in [-0.2, -0.15) is 0 Å². The molecule has 0 fully saturated rings. The summed E-state index contributed by atoms with van der Waals surface area (Å²) in [5, 5.41) is 9.92. The minimum atomic E-state index is -0.476. The molecule has 0 spiro atoms. The first-order valence-corrected chi connectivity index (χ1v) is 5.39. The van der Waals surface area contributed by atoms with E-state index in [2.05, 4.69) is 0 Å². The van der Waals surface area contributed by atoms with Gasteiger partial charge < -0.3 is 15.6 Å². The molecule has 0 aliphatic rings. The minimum absolute atomic E-state index is 0.476. The van der Waals surface area contributed by atoms with Gasteiger partial charge in [0.1, 0.15) is 5.75 Å². The van der Waals surface area contributed by atoms with Crippen molar-refractivity contribution in [2.45, 2.75) is 25.9 Å². The Labute approximate surface area is 90.9 Å². The predicted octanol–water partition coefficient (Wildman–Crippen LogP) is 1.86. The highest BCUT2D eigenvalue weighted by molar-refractivity contribution is 5.34. The van der Waals surface area contributed by atoms with E-state index in [1.165, 1.54) is 0 Å². The fourth-order valence-electron chi connectivity index (χ4n) is 1.51. The lowest BCUT2D eigenvalue weighted by Gasteiger charge is -2.15. The number of rotatable bonds is 6. The summed E-state index contributed by atoms with van der Waals surface area (Å²) in [7, 11) is 0. The molecule has 0 bridgehead atoms. The molecule has 1 rings (SSSR count). The first-order chi connectivity index (χ1) is 7.29. The molecule has 1 aromatic rings. The normalized spacial score (nSPS) is 12.5. The number of benzene rings is 1. The van der Waals surface area contributed by atoms with Gasteiger partial charge in [0, 0.05) is 5.56 Å². The fraction of sp³-hybridized carbons (Fsp3) is 0.500. The highest BCUT2D eigenvalue weighted by Crippen LogP contribution is 2.27. The van der Waals surface area contributed by atoms with E-state index in [4.69, 9.17) is 10.5 Å². The van der Waals surface area contributed by atoms with Gasteiger partial charge in [0.2, 0.25) is 0 Å². The Kier molecular flexibility index (Phi) is 5.15. The van der Waals surface area contributed by atoms with E-state index >= 15 is 0 Å². The number of aliphatic hydroxyl groups excluding tert-OH is 1. The molecule has 3 N–H and O–H groups in total. The van der Waals surface area contributed by atoms with Crippen LogP contribution in [-0.2, 0) is 0 Å². The van der Waals surface area contributed by atoms with Gasteiger partial charge in [0.15, 0.2) is 0 Å². The Morgan fingerprint density at radius 2 is 2.13 bits per heavy atom. The molecular formula is C12H19NO2. The average Bonchev–Trinajstić information content (AvgIpc) is 2.27. The van der Waals surface area contributed by atoms with Crippen molar-refractivity contribution < 1.29 is 9.84 Å². The van der Waals surface area contributed by atoms with E-state index in [1.54, 1.807) is 0 Å². The highest BCUT2D eigenvalue weighted by Gasteiger charge is 2.11. The number of hydrogen-bond donors (Lipinski definition) is 2. The fourth-order valence-corrected chi connectivity index (χ4v) is 1.51. The minimum Gasteiger partial charge on any atom is -0.493 e. The molecule has 1 unspecified atom stereocenters. The van der Waals surface area contributed by atoms with Crippen LogP contribution >= 0.6 is 0 Å². The van der Waals surface area contributed by atoms with Crippen molar-refractivity contribution in [3.05, 3.63) is 29.8 Å². The zero-order chi connectivity index (χ0) is 11.1. The van der Waals surface area contributed by atoms with Crippen LogP contribution in [0.3, 0.4) is 0 Å². The summed E-state index contributed by atoms with van der Waals surface area (Å²) in [5.74, 6) is 0.768. The van der Waals surface area contributed by atoms with Crippen molar-refractivity contribution in [2.75, 3.05) is 13.2 Å². The third kappa shape index (κ3) is 3.53. The highest BCUT2D eigenvalue weighted by atomic mass is 16.5. The largest absolute Gasteiger partial charge is 0.493 e. The molecule has 0 saturated heterocycles.